The molecular formula is C20H24O2. The van der Waals surface area contributed by atoms with Gasteiger partial charge in [0.2, 0.25) is 0 Å². The number of phenolic OH excluding ortho intramolecular Hbond substituents is 1. The average molecular weight is 296 g/mol. The van der Waals surface area contributed by atoms with Crippen molar-refractivity contribution >= 4 is 5.78 Å². The molecular weight excluding hydrogens is 272 g/mol. The van der Waals surface area contributed by atoms with Gasteiger partial charge in [0, 0.05) is 11.1 Å². The largest absolute Gasteiger partial charge is 0.507 e. The van der Waals surface area contributed by atoms with Crippen LogP contribution in [-0.4, -0.2) is 10.9 Å². The van der Waals surface area contributed by atoms with E-state index < -0.39 is 0 Å². The Morgan fingerprint density at radius 1 is 0.864 bits per heavy atom. The van der Waals surface area contributed by atoms with E-state index >= 15 is 0 Å². The number of aryl methyl sites for hydroxylation is 1. The first-order valence-electron chi connectivity index (χ1n) is 7.79. The fraction of sp³-hybridized carbons (Fsp3) is 0.350. The Bertz CT molecular complexity index is 650. The molecule has 0 spiro atoms. The van der Waals surface area contributed by atoms with Crippen molar-refractivity contribution in [3.8, 4) is 5.75 Å². The second kappa shape index (κ2) is 6.35. The van der Waals surface area contributed by atoms with Crippen LogP contribution in [0.4, 0.5) is 0 Å². The molecule has 0 aromatic heterocycles. The third kappa shape index (κ3) is 3.22. The van der Waals surface area contributed by atoms with E-state index in [0.29, 0.717) is 16.9 Å². The summed E-state index contributed by atoms with van der Waals surface area (Å²) in [6.07, 6.45) is 0. The first-order chi connectivity index (χ1) is 10.3. The zero-order valence-electron chi connectivity index (χ0n) is 14.0. The third-order valence-electron chi connectivity index (χ3n) is 3.99. The standard InChI is InChI=1S/C20H24O2/c1-12(2)17-10-16(11-18(13(3)4)20(17)22)19(21)15-8-6-14(5)7-9-15/h6-13,22H,1-5H3. The summed E-state index contributed by atoms with van der Waals surface area (Å²) in [5, 5.41) is 10.4. The second-order valence-electron chi connectivity index (χ2n) is 6.51. The van der Waals surface area contributed by atoms with Gasteiger partial charge in [-0.3, -0.25) is 4.79 Å². The fourth-order valence-corrected chi connectivity index (χ4v) is 2.56. The molecule has 0 unspecified atom stereocenters. The number of rotatable bonds is 4. The Labute approximate surface area is 132 Å². The molecule has 0 heterocycles. The van der Waals surface area contributed by atoms with Crippen LogP contribution in [0.15, 0.2) is 36.4 Å². The lowest BCUT2D eigenvalue weighted by atomic mass is 9.89. The van der Waals surface area contributed by atoms with E-state index in [1.807, 2.05) is 71.0 Å². The predicted octanol–water partition coefficient (Wildman–Crippen LogP) is 5.18. The molecule has 2 rings (SSSR count). The SMILES string of the molecule is Cc1ccc(C(=O)c2cc(C(C)C)c(O)c(C(C)C)c2)cc1. The fourth-order valence-electron chi connectivity index (χ4n) is 2.56. The van der Waals surface area contributed by atoms with Crippen LogP contribution in [0.1, 0.15) is 72.1 Å². The number of benzene rings is 2. The summed E-state index contributed by atoms with van der Waals surface area (Å²) in [6.45, 7) is 10.1. The molecule has 1 N–H and O–H groups in total. The van der Waals surface area contributed by atoms with Crippen molar-refractivity contribution in [1.29, 1.82) is 0 Å². The number of phenols is 1. The first-order valence-corrected chi connectivity index (χ1v) is 7.79. The van der Waals surface area contributed by atoms with Crippen LogP contribution in [0.3, 0.4) is 0 Å². The Morgan fingerprint density at radius 3 is 1.73 bits per heavy atom. The van der Waals surface area contributed by atoms with Gasteiger partial charge in [-0.15, -0.1) is 0 Å². The monoisotopic (exact) mass is 296 g/mol. The zero-order chi connectivity index (χ0) is 16.4. The van der Waals surface area contributed by atoms with Gasteiger partial charge < -0.3 is 5.11 Å². The van der Waals surface area contributed by atoms with Crippen molar-refractivity contribution < 1.29 is 9.90 Å². The van der Waals surface area contributed by atoms with Crippen LogP contribution in [0, 0.1) is 6.92 Å². The van der Waals surface area contributed by atoms with Crippen molar-refractivity contribution in [2.24, 2.45) is 0 Å². The molecule has 0 aliphatic rings. The molecule has 0 aliphatic carbocycles. The molecule has 0 aliphatic heterocycles. The Balaban J connectivity index is 2.55. The number of aromatic hydroxyl groups is 1. The Hall–Kier alpha value is -2.09. The third-order valence-corrected chi connectivity index (χ3v) is 3.99. The molecule has 116 valence electrons. The summed E-state index contributed by atoms with van der Waals surface area (Å²) in [5.41, 5.74) is 4.13. The summed E-state index contributed by atoms with van der Waals surface area (Å²) in [7, 11) is 0. The van der Waals surface area contributed by atoms with Gasteiger partial charge in [-0.25, -0.2) is 0 Å². The highest BCUT2D eigenvalue weighted by Gasteiger charge is 2.18. The first kappa shape index (κ1) is 16.3. The van der Waals surface area contributed by atoms with Crippen LogP contribution in [0.2, 0.25) is 0 Å². The van der Waals surface area contributed by atoms with E-state index in [9.17, 15) is 9.90 Å². The number of hydrogen-bond acceptors (Lipinski definition) is 2. The molecule has 2 nitrogen and oxygen atoms in total. The predicted molar refractivity (Wildman–Crippen MR) is 90.9 cm³/mol. The normalized spacial score (nSPS) is 11.2. The van der Waals surface area contributed by atoms with E-state index in [1.165, 1.54) is 0 Å². The van der Waals surface area contributed by atoms with Crippen LogP contribution in [0.25, 0.3) is 0 Å². The number of ketones is 1. The molecule has 22 heavy (non-hydrogen) atoms. The molecule has 2 heteroatoms. The summed E-state index contributed by atoms with van der Waals surface area (Å²) < 4.78 is 0. The molecule has 0 bridgehead atoms. The summed E-state index contributed by atoms with van der Waals surface area (Å²) in [6, 6.07) is 11.3. The van der Waals surface area contributed by atoms with Gasteiger partial charge in [-0.2, -0.15) is 0 Å². The molecule has 2 aromatic rings. The Kier molecular flexibility index (Phi) is 4.70. The van der Waals surface area contributed by atoms with Gasteiger partial charge in [-0.1, -0.05) is 57.5 Å². The van der Waals surface area contributed by atoms with Crippen molar-refractivity contribution in [1.82, 2.24) is 0 Å². The Morgan fingerprint density at radius 2 is 1.32 bits per heavy atom. The summed E-state index contributed by atoms with van der Waals surface area (Å²) in [5.74, 6) is 0.667. The lowest BCUT2D eigenvalue weighted by molar-refractivity contribution is 0.103. The summed E-state index contributed by atoms with van der Waals surface area (Å²) >= 11 is 0. The maximum absolute atomic E-state index is 12.7. The van der Waals surface area contributed by atoms with Gasteiger partial charge in [0.05, 0.1) is 0 Å². The molecule has 0 fully saturated rings. The lowest BCUT2D eigenvalue weighted by Crippen LogP contribution is -2.05. The maximum Gasteiger partial charge on any atom is 0.193 e. The van der Waals surface area contributed by atoms with Crippen molar-refractivity contribution in [2.75, 3.05) is 0 Å². The van der Waals surface area contributed by atoms with E-state index in [0.717, 1.165) is 16.7 Å². The van der Waals surface area contributed by atoms with Crippen LogP contribution < -0.4 is 0 Å². The second-order valence-corrected chi connectivity index (χ2v) is 6.51. The van der Waals surface area contributed by atoms with Gasteiger partial charge in [-0.05, 0) is 42.0 Å². The quantitative estimate of drug-likeness (QED) is 0.789. The van der Waals surface area contributed by atoms with Gasteiger partial charge in [0.15, 0.2) is 5.78 Å². The van der Waals surface area contributed by atoms with Gasteiger partial charge >= 0.3 is 0 Å². The van der Waals surface area contributed by atoms with Crippen molar-refractivity contribution in [3.63, 3.8) is 0 Å². The van der Waals surface area contributed by atoms with Crippen LogP contribution >= 0.6 is 0 Å². The van der Waals surface area contributed by atoms with E-state index in [4.69, 9.17) is 0 Å². The number of hydrogen-bond donors (Lipinski definition) is 1. The minimum atomic E-state index is 0.00352. The average Bonchev–Trinajstić information content (AvgIpc) is 2.47. The molecule has 0 radical (unpaired) electrons. The lowest BCUT2D eigenvalue weighted by Gasteiger charge is -2.17. The molecule has 2 aromatic carbocycles. The number of carbonyl (C=O) groups excluding carboxylic acids is 1. The molecule has 0 amide bonds. The highest BCUT2D eigenvalue weighted by Crippen LogP contribution is 2.35. The van der Waals surface area contributed by atoms with E-state index in [-0.39, 0.29) is 17.6 Å². The highest BCUT2D eigenvalue weighted by atomic mass is 16.3. The zero-order valence-corrected chi connectivity index (χ0v) is 14.0. The molecule has 0 saturated carbocycles. The van der Waals surface area contributed by atoms with E-state index in [1.54, 1.807) is 0 Å². The minimum Gasteiger partial charge on any atom is -0.507 e. The smallest absolute Gasteiger partial charge is 0.193 e. The molecule has 0 saturated heterocycles. The van der Waals surface area contributed by atoms with Crippen LogP contribution in [-0.2, 0) is 0 Å². The minimum absolute atomic E-state index is 0.00352. The molecule has 0 atom stereocenters. The van der Waals surface area contributed by atoms with Crippen LogP contribution in [0.5, 0.6) is 5.75 Å². The van der Waals surface area contributed by atoms with Gasteiger partial charge in [0.1, 0.15) is 5.75 Å². The topological polar surface area (TPSA) is 37.3 Å². The van der Waals surface area contributed by atoms with Crippen molar-refractivity contribution in [2.45, 2.75) is 46.5 Å². The van der Waals surface area contributed by atoms with E-state index in [2.05, 4.69) is 0 Å². The number of carbonyl (C=O) groups is 1. The van der Waals surface area contributed by atoms with Crippen molar-refractivity contribution in [3.05, 3.63) is 64.2 Å². The summed E-state index contributed by atoms with van der Waals surface area (Å²) in [4.78, 5) is 12.7. The maximum atomic E-state index is 12.7. The highest BCUT2D eigenvalue weighted by molar-refractivity contribution is 6.09. The van der Waals surface area contributed by atoms with Gasteiger partial charge in [0.25, 0.3) is 0 Å².